The molecule has 27 heavy (non-hydrogen) atoms. The number of furan rings is 1. The lowest BCUT2D eigenvalue weighted by atomic mass is 10.0. The molecule has 3 heterocycles. The van der Waals surface area contributed by atoms with E-state index in [9.17, 15) is 4.79 Å². The van der Waals surface area contributed by atoms with Crippen LogP contribution in [0.4, 0.5) is 0 Å². The molecule has 0 bridgehead atoms. The van der Waals surface area contributed by atoms with Gasteiger partial charge in [-0.25, -0.2) is 5.01 Å². The number of hydrogen-bond acceptors (Lipinski definition) is 5. The lowest BCUT2D eigenvalue weighted by molar-refractivity contribution is -0.135. The van der Waals surface area contributed by atoms with E-state index in [4.69, 9.17) is 9.52 Å². The summed E-state index contributed by atoms with van der Waals surface area (Å²) in [7, 11) is 2.12. The summed E-state index contributed by atoms with van der Waals surface area (Å²) in [4.78, 5) is 17.6. The van der Waals surface area contributed by atoms with Gasteiger partial charge in [0.25, 0.3) is 5.91 Å². The Kier molecular flexibility index (Phi) is 5.09. The summed E-state index contributed by atoms with van der Waals surface area (Å²) in [5.74, 6) is 0.815. The summed E-state index contributed by atoms with van der Waals surface area (Å²) in [5.41, 5.74) is 3.21. The highest BCUT2D eigenvalue weighted by molar-refractivity contribution is 6.03. The zero-order chi connectivity index (χ0) is 18.8. The van der Waals surface area contributed by atoms with Crippen LogP contribution < -0.4 is 0 Å². The molecule has 0 radical (unpaired) electrons. The molecule has 0 saturated carbocycles. The predicted octanol–water partition coefficient (Wildman–Crippen LogP) is 2.51. The van der Waals surface area contributed by atoms with Crippen molar-refractivity contribution < 1.29 is 9.21 Å². The highest BCUT2D eigenvalue weighted by Gasteiger charge is 2.35. The third-order valence-corrected chi connectivity index (χ3v) is 5.38. The van der Waals surface area contributed by atoms with Crippen molar-refractivity contribution in [1.82, 2.24) is 14.8 Å². The number of carbonyl (C=O) groups is 1. The minimum Gasteiger partial charge on any atom is -0.467 e. The van der Waals surface area contributed by atoms with Crippen molar-refractivity contribution in [1.29, 1.82) is 0 Å². The van der Waals surface area contributed by atoms with E-state index in [0.717, 1.165) is 43.2 Å². The predicted molar refractivity (Wildman–Crippen MR) is 105 cm³/mol. The molecule has 1 atom stereocenters. The topological polar surface area (TPSA) is 52.3 Å². The smallest absolute Gasteiger partial charge is 0.257 e. The van der Waals surface area contributed by atoms with Gasteiger partial charge in [0.2, 0.25) is 0 Å². The van der Waals surface area contributed by atoms with E-state index >= 15 is 0 Å². The van der Waals surface area contributed by atoms with Crippen LogP contribution in [-0.2, 0) is 4.79 Å². The average Bonchev–Trinajstić information content (AvgIpc) is 3.33. The summed E-state index contributed by atoms with van der Waals surface area (Å²) >= 11 is 0. The second-order valence-corrected chi connectivity index (χ2v) is 7.47. The lowest BCUT2D eigenvalue weighted by Crippen LogP contribution is -2.48. The fourth-order valence-electron chi connectivity index (χ4n) is 3.63. The maximum absolute atomic E-state index is 13.1. The van der Waals surface area contributed by atoms with Crippen LogP contribution in [-0.4, -0.2) is 66.2 Å². The van der Waals surface area contributed by atoms with E-state index in [0.29, 0.717) is 13.0 Å². The normalized spacial score (nSPS) is 21.5. The van der Waals surface area contributed by atoms with Crippen LogP contribution in [0.3, 0.4) is 0 Å². The van der Waals surface area contributed by atoms with Gasteiger partial charge in [0, 0.05) is 32.6 Å². The average molecular weight is 366 g/mol. The lowest BCUT2D eigenvalue weighted by Gasteiger charge is -2.32. The Morgan fingerprint density at radius 1 is 1.15 bits per heavy atom. The number of nitrogens with zero attached hydrogens (tertiary/aromatic N) is 4. The zero-order valence-electron chi connectivity index (χ0n) is 16.0. The monoisotopic (exact) mass is 366 g/mol. The Bertz CT molecular complexity index is 805. The van der Waals surface area contributed by atoms with Gasteiger partial charge in [-0.3, -0.25) is 9.69 Å². The van der Waals surface area contributed by atoms with Gasteiger partial charge < -0.3 is 9.32 Å². The first-order chi connectivity index (χ1) is 13.1. The van der Waals surface area contributed by atoms with Crippen molar-refractivity contribution in [2.24, 2.45) is 5.10 Å². The zero-order valence-corrected chi connectivity index (χ0v) is 16.0. The quantitative estimate of drug-likeness (QED) is 0.834. The van der Waals surface area contributed by atoms with Crippen molar-refractivity contribution in [2.75, 3.05) is 39.8 Å². The molecule has 1 aromatic carbocycles. The van der Waals surface area contributed by atoms with Gasteiger partial charge in [-0.1, -0.05) is 29.8 Å². The number of benzene rings is 1. The molecule has 2 aliphatic rings. The first-order valence-corrected chi connectivity index (χ1v) is 9.51. The van der Waals surface area contributed by atoms with E-state index in [1.165, 1.54) is 5.56 Å². The number of carbonyl (C=O) groups excluding carboxylic acids is 1. The van der Waals surface area contributed by atoms with Gasteiger partial charge in [-0.05, 0) is 31.7 Å². The van der Waals surface area contributed by atoms with Crippen molar-refractivity contribution in [3.8, 4) is 0 Å². The highest BCUT2D eigenvalue weighted by atomic mass is 16.3. The third kappa shape index (κ3) is 3.96. The minimum absolute atomic E-state index is 0.0306. The summed E-state index contributed by atoms with van der Waals surface area (Å²) in [6, 6.07) is 11.9. The van der Waals surface area contributed by atoms with Crippen LogP contribution in [0, 0.1) is 6.92 Å². The minimum atomic E-state index is -0.170. The van der Waals surface area contributed by atoms with Gasteiger partial charge in [-0.2, -0.15) is 5.10 Å². The summed E-state index contributed by atoms with van der Waals surface area (Å²) in [6.45, 7) is 6.28. The molecular weight excluding hydrogens is 340 g/mol. The fraction of sp³-hybridized carbons (Fsp3) is 0.429. The summed E-state index contributed by atoms with van der Waals surface area (Å²) in [6.07, 6.45) is 2.33. The number of piperazine rings is 1. The Labute approximate surface area is 160 Å². The fourth-order valence-corrected chi connectivity index (χ4v) is 3.63. The molecule has 1 saturated heterocycles. The molecule has 1 aromatic heterocycles. The molecule has 6 nitrogen and oxygen atoms in total. The third-order valence-electron chi connectivity index (χ3n) is 5.38. The molecular formula is C21H26N4O2. The first kappa shape index (κ1) is 17.9. The molecule has 0 N–H and O–H groups in total. The van der Waals surface area contributed by atoms with Gasteiger partial charge >= 0.3 is 0 Å². The molecule has 0 aliphatic carbocycles. The maximum Gasteiger partial charge on any atom is 0.257 e. The summed E-state index contributed by atoms with van der Waals surface area (Å²) < 4.78 is 5.62. The van der Waals surface area contributed by atoms with Crippen molar-refractivity contribution in [2.45, 2.75) is 19.4 Å². The first-order valence-electron chi connectivity index (χ1n) is 9.51. The molecule has 1 fully saturated rings. The number of aryl methyl sites for hydroxylation is 1. The van der Waals surface area contributed by atoms with Crippen LogP contribution >= 0.6 is 0 Å². The van der Waals surface area contributed by atoms with Crippen LogP contribution in [0.1, 0.15) is 29.3 Å². The van der Waals surface area contributed by atoms with E-state index < -0.39 is 0 Å². The van der Waals surface area contributed by atoms with Crippen LogP contribution in [0.25, 0.3) is 0 Å². The number of likely N-dealkylation sites (N-methyl/N-ethyl adjacent to an activating group) is 1. The van der Waals surface area contributed by atoms with E-state index in [1.54, 1.807) is 11.3 Å². The maximum atomic E-state index is 13.1. The Hall–Kier alpha value is -2.44. The highest BCUT2D eigenvalue weighted by Crippen LogP contribution is 2.33. The second-order valence-electron chi connectivity index (χ2n) is 7.47. The largest absolute Gasteiger partial charge is 0.467 e. The van der Waals surface area contributed by atoms with Crippen molar-refractivity contribution >= 4 is 11.6 Å². The summed E-state index contributed by atoms with van der Waals surface area (Å²) in [5, 5.41) is 6.34. The molecule has 2 aliphatic heterocycles. The molecule has 4 rings (SSSR count). The number of rotatable bonds is 4. The van der Waals surface area contributed by atoms with Gasteiger partial charge in [0.1, 0.15) is 11.8 Å². The second kappa shape index (κ2) is 7.66. The number of amides is 1. The molecule has 6 heteroatoms. The van der Waals surface area contributed by atoms with Crippen LogP contribution in [0.5, 0.6) is 0 Å². The molecule has 0 unspecified atom stereocenters. The van der Waals surface area contributed by atoms with E-state index in [1.807, 2.05) is 12.1 Å². The van der Waals surface area contributed by atoms with Crippen molar-refractivity contribution in [3.63, 3.8) is 0 Å². The van der Waals surface area contributed by atoms with Gasteiger partial charge in [0.05, 0.1) is 18.5 Å². The van der Waals surface area contributed by atoms with E-state index in [-0.39, 0.29) is 11.9 Å². The van der Waals surface area contributed by atoms with Crippen molar-refractivity contribution in [3.05, 3.63) is 59.5 Å². The van der Waals surface area contributed by atoms with Crippen LogP contribution in [0.15, 0.2) is 52.2 Å². The SMILES string of the molecule is Cc1ccc(C2=NN(C(=O)CN3CCN(C)CC3)[C@@H](c3ccco3)C2)cc1. The number of hydrogen-bond donors (Lipinski definition) is 0. The van der Waals surface area contributed by atoms with Crippen LogP contribution in [0.2, 0.25) is 0 Å². The Morgan fingerprint density at radius 3 is 2.56 bits per heavy atom. The molecule has 2 aromatic rings. The molecule has 142 valence electrons. The van der Waals surface area contributed by atoms with E-state index in [2.05, 4.69) is 48.0 Å². The Morgan fingerprint density at radius 2 is 1.89 bits per heavy atom. The standard InChI is InChI=1S/C21H26N4O2/c1-16-5-7-17(8-6-16)18-14-19(20-4-3-13-27-20)25(22-18)21(26)15-24-11-9-23(2)10-12-24/h3-8,13,19H,9-12,14-15H2,1-2H3/t19-/m1/s1. The van der Waals surface area contributed by atoms with Gasteiger partial charge in [0.15, 0.2) is 0 Å². The molecule has 1 amide bonds. The molecule has 0 spiro atoms. The Balaban J connectivity index is 1.54. The number of hydrazone groups is 1. The van der Waals surface area contributed by atoms with Gasteiger partial charge in [-0.15, -0.1) is 0 Å².